The van der Waals surface area contributed by atoms with Crippen LogP contribution < -0.4 is 5.73 Å². The summed E-state index contributed by atoms with van der Waals surface area (Å²) in [6.07, 6.45) is 1.65. The first-order chi connectivity index (χ1) is 8.00. The third kappa shape index (κ3) is 2.57. The zero-order valence-electron chi connectivity index (χ0n) is 9.52. The van der Waals surface area contributed by atoms with Crippen molar-refractivity contribution in [2.75, 3.05) is 0 Å². The number of hydrogen-bond acceptors (Lipinski definition) is 3. The minimum Gasteiger partial charge on any atom is -0.318 e. The van der Waals surface area contributed by atoms with Gasteiger partial charge in [-0.3, -0.25) is 4.68 Å². The van der Waals surface area contributed by atoms with Gasteiger partial charge >= 0.3 is 0 Å². The molecule has 0 radical (unpaired) electrons. The first kappa shape index (κ1) is 13.1. The summed E-state index contributed by atoms with van der Waals surface area (Å²) in [5, 5.41) is 6.90. The van der Waals surface area contributed by atoms with Gasteiger partial charge in [0.25, 0.3) is 0 Å². The molecule has 0 aliphatic carbocycles. The Morgan fingerprint density at radius 2 is 2.24 bits per heavy atom. The number of nitrogens with zero attached hydrogens (tertiary/aromatic N) is 2. The summed E-state index contributed by atoms with van der Waals surface area (Å²) >= 11 is 11.2. The summed E-state index contributed by atoms with van der Waals surface area (Å²) in [5.41, 5.74) is 7.13. The molecule has 0 spiro atoms. The van der Waals surface area contributed by atoms with E-state index >= 15 is 0 Å². The Balaban J connectivity index is 2.43. The van der Waals surface area contributed by atoms with Crippen LogP contribution in [0.15, 0.2) is 22.1 Å². The summed E-state index contributed by atoms with van der Waals surface area (Å²) < 4.78 is 2.92. The Bertz CT molecular complexity index is 521. The number of rotatable bonds is 3. The second-order valence-corrected chi connectivity index (χ2v) is 6.33. The summed E-state index contributed by atoms with van der Waals surface area (Å²) in [7, 11) is 0. The molecule has 1 atom stereocenters. The number of halogens is 2. The Morgan fingerprint density at radius 3 is 2.76 bits per heavy atom. The molecule has 1 unspecified atom stereocenters. The molecule has 2 N–H and O–H groups in total. The van der Waals surface area contributed by atoms with Gasteiger partial charge in [-0.25, -0.2) is 0 Å². The molecule has 0 bridgehead atoms. The molecule has 0 saturated heterocycles. The highest BCUT2D eigenvalue weighted by Crippen LogP contribution is 2.32. The monoisotopic (exact) mass is 333 g/mol. The SMILES string of the molecule is CC(C)n1ncc(Cl)c1C(N)c1cc(Br)cs1. The van der Waals surface area contributed by atoms with Crippen molar-refractivity contribution in [3.05, 3.63) is 37.7 Å². The van der Waals surface area contributed by atoms with Crippen LogP contribution in [0.3, 0.4) is 0 Å². The lowest BCUT2D eigenvalue weighted by Gasteiger charge is -2.16. The van der Waals surface area contributed by atoms with E-state index < -0.39 is 0 Å². The lowest BCUT2D eigenvalue weighted by atomic mass is 10.2. The van der Waals surface area contributed by atoms with Crippen LogP contribution >= 0.6 is 38.9 Å². The third-order valence-corrected chi connectivity index (χ3v) is 4.53. The van der Waals surface area contributed by atoms with Crippen LogP contribution in [0.1, 0.15) is 36.5 Å². The first-order valence-corrected chi connectivity index (χ1v) is 7.28. The predicted octanol–water partition coefficient (Wildman–Crippen LogP) is 3.99. The van der Waals surface area contributed by atoms with Crippen LogP contribution in [-0.4, -0.2) is 9.78 Å². The molecule has 0 aromatic carbocycles. The summed E-state index contributed by atoms with van der Waals surface area (Å²) in [5.74, 6) is 0. The van der Waals surface area contributed by atoms with Gasteiger partial charge in [0.15, 0.2) is 0 Å². The fourth-order valence-corrected chi connectivity index (χ4v) is 3.38. The largest absolute Gasteiger partial charge is 0.318 e. The number of thiophene rings is 1. The van der Waals surface area contributed by atoms with E-state index in [2.05, 4.69) is 34.9 Å². The Labute approximate surface area is 118 Å². The van der Waals surface area contributed by atoms with E-state index in [-0.39, 0.29) is 12.1 Å². The minimum absolute atomic E-state index is 0.233. The van der Waals surface area contributed by atoms with E-state index in [1.54, 1.807) is 17.5 Å². The molecule has 3 nitrogen and oxygen atoms in total. The van der Waals surface area contributed by atoms with Gasteiger partial charge in [0.05, 0.1) is 23.0 Å². The van der Waals surface area contributed by atoms with Crippen molar-refractivity contribution in [1.82, 2.24) is 9.78 Å². The van der Waals surface area contributed by atoms with Crippen molar-refractivity contribution < 1.29 is 0 Å². The molecule has 0 amide bonds. The molecule has 0 saturated carbocycles. The molecule has 17 heavy (non-hydrogen) atoms. The van der Waals surface area contributed by atoms with Crippen LogP contribution in [0.2, 0.25) is 5.02 Å². The van der Waals surface area contributed by atoms with Crippen molar-refractivity contribution in [3.8, 4) is 0 Å². The summed E-state index contributed by atoms with van der Waals surface area (Å²) in [6, 6.07) is 2.03. The molecular formula is C11H13BrClN3S. The highest BCUT2D eigenvalue weighted by Gasteiger charge is 2.21. The second-order valence-electron chi connectivity index (χ2n) is 4.06. The van der Waals surface area contributed by atoms with E-state index in [1.807, 2.05) is 16.1 Å². The second kappa shape index (κ2) is 5.10. The van der Waals surface area contributed by atoms with Crippen LogP contribution in [0.4, 0.5) is 0 Å². The van der Waals surface area contributed by atoms with Crippen molar-refractivity contribution in [2.24, 2.45) is 5.73 Å². The van der Waals surface area contributed by atoms with Gasteiger partial charge < -0.3 is 5.73 Å². The molecule has 2 rings (SSSR count). The molecule has 0 fully saturated rings. The summed E-state index contributed by atoms with van der Waals surface area (Å²) in [4.78, 5) is 1.07. The smallest absolute Gasteiger partial charge is 0.0838 e. The van der Waals surface area contributed by atoms with Gasteiger partial charge in [0.2, 0.25) is 0 Å². The van der Waals surface area contributed by atoms with Gasteiger partial charge in [-0.2, -0.15) is 5.10 Å². The Hall–Kier alpha value is -0.360. The highest BCUT2D eigenvalue weighted by atomic mass is 79.9. The number of hydrogen-bond donors (Lipinski definition) is 1. The maximum absolute atomic E-state index is 6.26. The van der Waals surface area contributed by atoms with Crippen LogP contribution in [0.5, 0.6) is 0 Å². The van der Waals surface area contributed by atoms with Gasteiger partial charge in [0.1, 0.15) is 0 Å². The average Bonchev–Trinajstić information content (AvgIpc) is 2.83. The zero-order valence-corrected chi connectivity index (χ0v) is 12.7. The third-order valence-electron chi connectivity index (χ3n) is 2.46. The van der Waals surface area contributed by atoms with Crippen molar-refractivity contribution in [1.29, 1.82) is 0 Å². The van der Waals surface area contributed by atoms with Crippen LogP contribution in [0.25, 0.3) is 0 Å². The highest BCUT2D eigenvalue weighted by molar-refractivity contribution is 9.10. The predicted molar refractivity (Wildman–Crippen MR) is 75.7 cm³/mol. The lowest BCUT2D eigenvalue weighted by Crippen LogP contribution is -2.18. The van der Waals surface area contributed by atoms with Crippen molar-refractivity contribution in [3.63, 3.8) is 0 Å². The maximum atomic E-state index is 6.26. The summed E-state index contributed by atoms with van der Waals surface area (Å²) in [6.45, 7) is 4.12. The molecule has 0 aliphatic rings. The molecule has 2 aromatic rings. The molecule has 2 aromatic heterocycles. The number of aromatic nitrogens is 2. The number of nitrogens with two attached hydrogens (primary N) is 1. The van der Waals surface area contributed by atoms with Crippen molar-refractivity contribution >= 4 is 38.9 Å². The van der Waals surface area contributed by atoms with Gasteiger partial charge in [-0.1, -0.05) is 11.6 Å². The molecule has 6 heteroatoms. The van der Waals surface area contributed by atoms with Gasteiger partial charge in [-0.05, 0) is 35.8 Å². The van der Waals surface area contributed by atoms with E-state index in [0.717, 1.165) is 15.0 Å². The van der Waals surface area contributed by atoms with Crippen molar-refractivity contribution in [2.45, 2.75) is 25.9 Å². The quantitative estimate of drug-likeness (QED) is 0.922. The standard InChI is InChI=1S/C11H13BrClN3S/c1-6(2)16-11(8(13)4-15-16)10(14)9-3-7(12)5-17-9/h3-6,10H,14H2,1-2H3. The molecule has 92 valence electrons. The molecular weight excluding hydrogens is 322 g/mol. The normalized spacial score (nSPS) is 13.3. The Morgan fingerprint density at radius 1 is 1.53 bits per heavy atom. The van der Waals surface area contributed by atoms with Gasteiger partial charge in [-0.15, -0.1) is 11.3 Å². The minimum atomic E-state index is -0.233. The molecule has 2 heterocycles. The topological polar surface area (TPSA) is 43.8 Å². The van der Waals surface area contributed by atoms with Crippen LogP contribution in [-0.2, 0) is 0 Å². The Kier molecular flexibility index (Phi) is 3.92. The maximum Gasteiger partial charge on any atom is 0.0838 e. The van der Waals surface area contributed by atoms with E-state index in [0.29, 0.717) is 5.02 Å². The van der Waals surface area contributed by atoms with E-state index in [4.69, 9.17) is 17.3 Å². The van der Waals surface area contributed by atoms with E-state index in [9.17, 15) is 0 Å². The van der Waals surface area contributed by atoms with Crippen LogP contribution in [0, 0.1) is 0 Å². The van der Waals surface area contributed by atoms with Gasteiger partial charge in [0, 0.05) is 20.8 Å². The lowest BCUT2D eigenvalue weighted by molar-refractivity contribution is 0.500. The van der Waals surface area contributed by atoms with E-state index in [1.165, 1.54) is 0 Å². The fourth-order valence-electron chi connectivity index (χ4n) is 1.68. The zero-order chi connectivity index (χ0) is 12.6. The average molecular weight is 335 g/mol. The first-order valence-electron chi connectivity index (χ1n) is 5.23. The fraction of sp³-hybridized carbons (Fsp3) is 0.364. The molecule has 0 aliphatic heterocycles.